The van der Waals surface area contributed by atoms with Crippen molar-refractivity contribution in [2.75, 3.05) is 30.4 Å². The van der Waals surface area contributed by atoms with Gasteiger partial charge in [0.1, 0.15) is 11.6 Å². The molecule has 1 aliphatic heterocycles. The highest BCUT2D eigenvalue weighted by Crippen LogP contribution is 2.34. The number of hydrogen-bond donors (Lipinski definition) is 1. The summed E-state index contributed by atoms with van der Waals surface area (Å²) in [6, 6.07) is 5.25. The first-order valence-electron chi connectivity index (χ1n) is 8.07. The lowest BCUT2D eigenvalue weighted by Crippen LogP contribution is -2.30. The fourth-order valence-corrected chi connectivity index (χ4v) is 2.79. The van der Waals surface area contributed by atoms with E-state index in [1.165, 1.54) is 19.6 Å². The Hall–Kier alpha value is -2.51. The zero-order chi connectivity index (χ0) is 17.9. The van der Waals surface area contributed by atoms with Gasteiger partial charge in [-0.05, 0) is 37.5 Å². The number of anilines is 3. The van der Waals surface area contributed by atoms with E-state index >= 15 is 0 Å². The number of aromatic nitrogens is 2. The van der Waals surface area contributed by atoms with E-state index in [9.17, 15) is 13.2 Å². The van der Waals surface area contributed by atoms with Crippen molar-refractivity contribution < 1.29 is 17.9 Å². The van der Waals surface area contributed by atoms with Crippen molar-refractivity contribution in [2.45, 2.75) is 25.4 Å². The van der Waals surface area contributed by atoms with Crippen molar-refractivity contribution in [3.8, 4) is 5.75 Å². The molecule has 1 fully saturated rings. The standard InChI is InChI=1S/C17H19F3N4O/c1-25-14-10-12(17(18,19)20)9-13(11-14)22-16-21-6-5-15(23-16)24-7-3-2-4-8-24/h5-6,9-11H,2-4,7-8H2,1H3,(H,21,22,23). The number of nitrogens with one attached hydrogen (secondary N) is 1. The average molecular weight is 352 g/mol. The first-order valence-corrected chi connectivity index (χ1v) is 8.07. The molecule has 0 atom stereocenters. The van der Waals surface area contributed by atoms with E-state index in [2.05, 4.69) is 20.2 Å². The van der Waals surface area contributed by atoms with Gasteiger partial charge in [-0.15, -0.1) is 0 Å². The highest BCUT2D eigenvalue weighted by Gasteiger charge is 2.31. The predicted octanol–water partition coefficient (Wildman–Crippen LogP) is 4.24. The molecule has 0 saturated carbocycles. The van der Waals surface area contributed by atoms with Crippen LogP contribution < -0.4 is 15.0 Å². The van der Waals surface area contributed by atoms with Gasteiger partial charge in [0.05, 0.1) is 12.7 Å². The van der Waals surface area contributed by atoms with Crippen molar-refractivity contribution in [2.24, 2.45) is 0 Å². The summed E-state index contributed by atoms with van der Waals surface area (Å²) in [5, 5.41) is 2.84. The summed E-state index contributed by atoms with van der Waals surface area (Å²) in [6.07, 6.45) is 0.567. The van der Waals surface area contributed by atoms with Gasteiger partial charge in [-0.3, -0.25) is 0 Å². The Morgan fingerprint density at radius 1 is 1.12 bits per heavy atom. The number of ether oxygens (including phenoxy) is 1. The third-order valence-electron chi connectivity index (χ3n) is 4.05. The summed E-state index contributed by atoms with van der Waals surface area (Å²) in [6.45, 7) is 1.85. The summed E-state index contributed by atoms with van der Waals surface area (Å²) in [5.41, 5.74) is -0.566. The van der Waals surface area contributed by atoms with E-state index in [4.69, 9.17) is 4.74 Å². The summed E-state index contributed by atoms with van der Waals surface area (Å²) >= 11 is 0. The Kier molecular flexibility index (Phi) is 4.96. The number of halogens is 3. The van der Waals surface area contributed by atoms with Gasteiger partial charge in [0, 0.05) is 31.0 Å². The molecular weight excluding hydrogens is 333 g/mol. The average Bonchev–Trinajstić information content (AvgIpc) is 2.61. The fourth-order valence-electron chi connectivity index (χ4n) is 2.79. The zero-order valence-electron chi connectivity index (χ0n) is 13.8. The molecule has 1 aromatic heterocycles. The van der Waals surface area contributed by atoms with E-state index in [1.54, 1.807) is 6.20 Å². The van der Waals surface area contributed by atoms with Crippen LogP contribution in [0.5, 0.6) is 5.75 Å². The molecule has 2 aromatic rings. The number of alkyl halides is 3. The molecule has 25 heavy (non-hydrogen) atoms. The molecule has 0 radical (unpaired) electrons. The molecule has 0 bridgehead atoms. The summed E-state index contributed by atoms with van der Waals surface area (Å²) < 4.78 is 44.0. The molecular formula is C17H19F3N4O. The van der Waals surface area contributed by atoms with Crippen LogP contribution >= 0.6 is 0 Å². The second-order valence-corrected chi connectivity index (χ2v) is 5.86. The highest BCUT2D eigenvalue weighted by molar-refractivity contribution is 5.59. The van der Waals surface area contributed by atoms with Gasteiger partial charge in [0.15, 0.2) is 0 Å². The van der Waals surface area contributed by atoms with Crippen LogP contribution in [0.2, 0.25) is 0 Å². The molecule has 0 aliphatic carbocycles. The molecule has 0 spiro atoms. The van der Waals surface area contributed by atoms with Gasteiger partial charge in [-0.25, -0.2) is 4.98 Å². The molecule has 3 rings (SSSR count). The minimum Gasteiger partial charge on any atom is -0.497 e. The molecule has 1 aliphatic rings. The van der Waals surface area contributed by atoms with Crippen LogP contribution in [0.4, 0.5) is 30.6 Å². The maximum atomic E-state index is 13.0. The van der Waals surface area contributed by atoms with Crippen LogP contribution in [0.15, 0.2) is 30.5 Å². The number of rotatable bonds is 4. The van der Waals surface area contributed by atoms with Crippen LogP contribution in [0.25, 0.3) is 0 Å². The van der Waals surface area contributed by atoms with Crippen LogP contribution in [0, 0.1) is 0 Å². The van der Waals surface area contributed by atoms with E-state index in [0.717, 1.165) is 43.9 Å². The van der Waals surface area contributed by atoms with Gasteiger partial charge >= 0.3 is 6.18 Å². The van der Waals surface area contributed by atoms with Crippen LogP contribution in [0.3, 0.4) is 0 Å². The predicted molar refractivity (Wildman–Crippen MR) is 89.4 cm³/mol. The Labute approximate surface area is 143 Å². The van der Waals surface area contributed by atoms with Crippen LogP contribution in [-0.4, -0.2) is 30.2 Å². The molecule has 2 heterocycles. The zero-order valence-corrected chi connectivity index (χ0v) is 13.8. The highest BCUT2D eigenvalue weighted by atomic mass is 19.4. The Bertz CT molecular complexity index is 730. The molecule has 1 aromatic carbocycles. The number of piperidine rings is 1. The molecule has 134 valence electrons. The second-order valence-electron chi connectivity index (χ2n) is 5.86. The van der Waals surface area contributed by atoms with E-state index < -0.39 is 11.7 Å². The first-order chi connectivity index (χ1) is 12.0. The van der Waals surface area contributed by atoms with E-state index in [1.807, 2.05) is 6.07 Å². The Morgan fingerprint density at radius 2 is 1.88 bits per heavy atom. The fraction of sp³-hybridized carbons (Fsp3) is 0.412. The summed E-state index contributed by atoms with van der Waals surface area (Å²) in [4.78, 5) is 10.7. The first kappa shape index (κ1) is 17.3. The van der Waals surface area contributed by atoms with Gasteiger partial charge in [0.2, 0.25) is 5.95 Å². The number of nitrogens with zero attached hydrogens (tertiary/aromatic N) is 3. The number of methoxy groups -OCH3 is 1. The molecule has 0 unspecified atom stereocenters. The molecule has 5 nitrogen and oxygen atoms in total. The minimum absolute atomic E-state index is 0.115. The second kappa shape index (κ2) is 7.16. The minimum atomic E-state index is -4.46. The third-order valence-corrected chi connectivity index (χ3v) is 4.05. The van der Waals surface area contributed by atoms with Crippen LogP contribution in [-0.2, 0) is 6.18 Å². The normalized spacial score (nSPS) is 15.1. The largest absolute Gasteiger partial charge is 0.497 e. The Morgan fingerprint density at radius 3 is 2.56 bits per heavy atom. The molecule has 1 saturated heterocycles. The molecule has 0 amide bonds. The number of benzene rings is 1. The maximum absolute atomic E-state index is 13.0. The maximum Gasteiger partial charge on any atom is 0.416 e. The lowest BCUT2D eigenvalue weighted by Gasteiger charge is -2.27. The van der Waals surface area contributed by atoms with Crippen molar-refractivity contribution in [3.05, 3.63) is 36.0 Å². The Balaban J connectivity index is 1.84. The topological polar surface area (TPSA) is 50.3 Å². The molecule has 8 heteroatoms. The SMILES string of the molecule is COc1cc(Nc2nccc(N3CCCCC3)n2)cc(C(F)(F)F)c1. The van der Waals surface area contributed by atoms with E-state index in [0.29, 0.717) is 0 Å². The third kappa shape index (κ3) is 4.32. The van der Waals surface area contributed by atoms with Crippen molar-refractivity contribution in [1.82, 2.24) is 9.97 Å². The van der Waals surface area contributed by atoms with E-state index in [-0.39, 0.29) is 17.4 Å². The molecule has 1 N–H and O–H groups in total. The monoisotopic (exact) mass is 352 g/mol. The van der Waals surface area contributed by atoms with Gasteiger partial charge in [-0.2, -0.15) is 18.2 Å². The summed E-state index contributed by atoms with van der Waals surface area (Å²) in [7, 11) is 1.33. The number of hydrogen-bond acceptors (Lipinski definition) is 5. The van der Waals surface area contributed by atoms with Gasteiger partial charge in [-0.1, -0.05) is 0 Å². The van der Waals surface area contributed by atoms with Crippen molar-refractivity contribution in [3.63, 3.8) is 0 Å². The smallest absolute Gasteiger partial charge is 0.416 e. The summed E-state index contributed by atoms with van der Waals surface area (Å²) in [5.74, 6) is 1.14. The van der Waals surface area contributed by atoms with Gasteiger partial charge in [0.25, 0.3) is 0 Å². The van der Waals surface area contributed by atoms with Crippen molar-refractivity contribution >= 4 is 17.5 Å². The van der Waals surface area contributed by atoms with Gasteiger partial charge < -0.3 is 15.0 Å². The quantitative estimate of drug-likeness (QED) is 0.892. The lowest BCUT2D eigenvalue weighted by molar-refractivity contribution is -0.137. The van der Waals surface area contributed by atoms with Crippen LogP contribution in [0.1, 0.15) is 24.8 Å². The lowest BCUT2D eigenvalue weighted by atomic mass is 10.1. The van der Waals surface area contributed by atoms with Crippen molar-refractivity contribution in [1.29, 1.82) is 0 Å².